The Balaban J connectivity index is 2.27. The summed E-state index contributed by atoms with van der Waals surface area (Å²) in [5.74, 6) is -0.144. The van der Waals surface area contributed by atoms with Crippen LogP contribution >= 0.6 is 0 Å². The summed E-state index contributed by atoms with van der Waals surface area (Å²) in [5.41, 5.74) is 0.932. The fourth-order valence-corrected chi connectivity index (χ4v) is 1.56. The van der Waals surface area contributed by atoms with Crippen LogP contribution in [-0.4, -0.2) is 37.6 Å². The Bertz CT molecular complexity index is 369. The molecule has 0 bridgehead atoms. The highest BCUT2D eigenvalue weighted by Gasteiger charge is 2.17. The zero-order chi connectivity index (χ0) is 14.1. The van der Waals surface area contributed by atoms with Crippen molar-refractivity contribution >= 4 is 6.09 Å². The van der Waals surface area contributed by atoms with Gasteiger partial charge in [0.2, 0.25) is 0 Å². The second-order valence-electron chi connectivity index (χ2n) is 4.33. The van der Waals surface area contributed by atoms with Gasteiger partial charge < -0.3 is 19.9 Å². The van der Waals surface area contributed by atoms with Gasteiger partial charge in [0.1, 0.15) is 6.61 Å². The fourth-order valence-electron chi connectivity index (χ4n) is 1.56. The van der Waals surface area contributed by atoms with Crippen molar-refractivity contribution in [3.63, 3.8) is 0 Å². The number of aliphatic hydroxyl groups excluding tert-OH is 1. The highest BCUT2D eigenvalue weighted by atomic mass is 16.5. The van der Waals surface area contributed by atoms with Crippen LogP contribution in [0.3, 0.4) is 0 Å². The van der Waals surface area contributed by atoms with Gasteiger partial charge in [-0.05, 0) is 12.5 Å². The van der Waals surface area contributed by atoms with Crippen molar-refractivity contribution in [3.05, 3.63) is 35.9 Å². The van der Waals surface area contributed by atoms with Gasteiger partial charge in [-0.3, -0.25) is 0 Å². The van der Waals surface area contributed by atoms with Gasteiger partial charge >= 0.3 is 6.09 Å². The number of nitrogens with one attached hydrogen (secondary N) is 1. The highest BCUT2D eigenvalue weighted by Crippen LogP contribution is 2.05. The monoisotopic (exact) mass is 267 g/mol. The first-order chi connectivity index (χ1) is 9.17. The average Bonchev–Trinajstić information content (AvgIpc) is 2.46. The van der Waals surface area contributed by atoms with E-state index in [-0.39, 0.29) is 25.2 Å². The van der Waals surface area contributed by atoms with E-state index < -0.39 is 6.09 Å². The molecule has 1 aromatic carbocycles. The molecule has 0 aliphatic heterocycles. The van der Waals surface area contributed by atoms with Crippen LogP contribution < -0.4 is 5.32 Å². The first-order valence-electron chi connectivity index (χ1n) is 6.25. The fraction of sp³-hybridized carbons (Fsp3) is 0.500. The molecule has 0 fully saturated rings. The summed E-state index contributed by atoms with van der Waals surface area (Å²) in [7, 11) is 1.57. The van der Waals surface area contributed by atoms with E-state index in [0.717, 1.165) is 5.56 Å². The van der Waals surface area contributed by atoms with Crippen molar-refractivity contribution < 1.29 is 19.4 Å². The van der Waals surface area contributed by atoms with Gasteiger partial charge in [0.25, 0.3) is 0 Å². The van der Waals surface area contributed by atoms with Crippen LogP contribution in [0.5, 0.6) is 0 Å². The van der Waals surface area contributed by atoms with Crippen molar-refractivity contribution in [2.75, 3.05) is 20.3 Å². The number of alkyl carbamates (subject to hydrolysis) is 1. The van der Waals surface area contributed by atoms with Gasteiger partial charge in [0.15, 0.2) is 0 Å². The molecule has 0 radical (unpaired) electrons. The van der Waals surface area contributed by atoms with E-state index in [1.807, 2.05) is 37.3 Å². The van der Waals surface area contributed by atoms with E-state index in [9.17, 15) is 9.90 Å². The third-order valence-electron chi connectivity index (χ3n) is 2.99. The topological polar surface area (TPSA) is 67.8 Å². The third-order valence-corrected chi connectivity index (χ3v) is 2.99. The number of rotatable bonds is 7. The minimum Gasteiger partial charge on any atom is -0.445 e. The quantitative estimate of drug-likeness (QED) is 0.786. The second kappa shape index (κ2) is 8.50. The molecule has 0 saturated carbocycles. The zero-order valence-corrected chi connectivity index (χ0v) is 11.3. The summed E-state index contributed by atoms with van der Waals surface area (Å²) in [6.07, 6.45) is -0.620. The smallest absolute Gasteiger partial charge is 0.407 e. The van der Waals surface area contributed by atoms with Gasteiger partial charge in [0, 0.05) is 19.6 Å². The molecule has 1 amide bonds. The van der Waals surface area contributed by atoms with Gasteiger partial charge in [-0.15, -0.1) is 0 Å². The Morgan fingerprint density at radius 2 is 2.05 bits per heavy atom. The van der Waals surface area contributed by atoms with Crippen molar-refractivity contribution in [2.24, 2.45) is 5.92 Å². The van der Waals surface area contributed by atoms with Crippen LogP contribution in [0.4, 0.5) is 4.79 Å². The molecule has 19 heavy (non-hydrogen) atoms. The lowest BCUT2D eigenvalue weighted by Gasteiger charge is -2.20. The van der Waals surface area contributed by atoms with Crippen LogP contribution in [0.2, 0.25) is 0 Å². The Morgan fingerprint density at radius 3 is 2.63 bits per heavy atom. The number of amides is 1. The predicted molar refractivity (Wildman–Crippen MR) is 71.7 cm³/mol. The second-order valence-corrected chi connectivity index (χ2v) is 4.33. The molecule has 0 aliphatic rings. The van der Waals surface area contributed by atoms with E-state index in [0.29, 0.717) is 6.54 Å². The molecule has 0 heterocycles. The van der Waals surface area contributed by atoms with Gasteiger partial charge in [-0.1, -0.05) is 30.3 Å². The number of carbonyl (C=O) groups is 1. The molecule has 2 unspecified atom stereocenters. The maximum absolute atomic E-state index is 11.5. The molecule has 5 heteroatoms. The Kier molecular flexibility index (Phi) is 6.92. The van der Waals surface area contributed by atoms with Gasteiger partial charge in [0.05, 0.1) is 12.7 Å². The summed E-state index contributed by atoms with van der Waals surface area (Å²) in [6.45, 7) is 2.35. The number of ether oxygens (including phenoxy) is 2. The lowest BCUT2D eigenvalue weighted by Crippen LogP contribution is -2.36. The molecule has 0 saturated heterocycles. The standard InChI is InChI=1S/C14H21NO4/c1-11(18-2)13(9-16)8-15-14(17)19-10-12-6-4-3-5-7-12/h3-7,11,13,16H,8-10H2,1-2H3,(H,15,17). The van der Waals surface area contributed by atoms with E-state index in [1.165, 1.54) is 0 Å². The van der Waals surface area contributed by atoms with Crippen LogP contribution in [0.15, 0.2) is 30.3 Å². The minimum absolute atomic E-state index is 0.0476. The maximum Gasteiger partial charge on any atom is 0.407 e. The summed E-state index contributed by atoms with van der Waals surface area (Å²) >= 11 is 0. The molecule has 2 N–H and O–H groups in total. The minimum atomic E-state index is -0.495. The summed E-state index contributed by atoms with van der Waals surface area (Å²) < 4.78 is 10.2. The summed E-state index contributed by atoms with van der Waals surface area (Å²) in [5, 5.41) is 11.8. The predicted octanol–water partition coefficient (Wildman–Crippen LogP) is 1.56. The summed E-state index contributed by atoms with van der Waals surface area (Å²) in [6, 6.07) is 9.45. The van der Waals surface area contributed by atoms with Gasteiger partial charge in [-0.2, -0.15) is 0 Å². The number of hydrogen-bond acceptors (Lipinski definition) is 4. The molecular weight excluding hydrogens is 246 g/mol. The van der Waals surface area contributed by atoms with Crippen LogP contribution in [0, 0.1) is 5.92 Å². The molecule has 1 rings (SSSR count). The van der Waals surface area contributed by atoms with Crippen LogP contribution in [-0.2, 0) is 16.1 Å². The molecule has 2 atom stereocenters. The van der Waals surface area contributed by atoms with Crippen LogP contribution in [0.25, 0.3) is 0 Å². The molecule has 5 nitrogen and oxygen atoms in total. The van der Waals surface area contributed by atoms with E-state index in [2.05, 4.69) is 5.32 Å². The molecular formula is C14H21NO4. The van der Waals surface area contributed by atoms with E-state index >= 15 is 0 Å². The lowest BCUT2D eigenvalue weighted by molar-refractivity contribution is 0.0383. The Morgan fingerprint density at radius 1 is 1.37 bits per heavy atom. The molecule has 0 aromatic heterocycles. The average molecular weight is 267 g/mol. The van der Waals surface area contributed by atoms with Crippen LogP contribution in [0.1, 0.15) is 12.5 Å². The first kappa shape index (κ1) is 15.5. The summed E-state index contributed by atoms with van der Waals surface area (Å²) in [4.78, 5) is 11.5. The Hall–Kier alpha value is -1.59. The maximum atomic E-state index is 11.5. The number of methoxy groups -OCH3 is 1. The normalized spacial score (nSPS) is 13.6. The molecule has 0 aliphatic carbocycles. The third kappa shape index (κ3) is 5.72. The number of aliphatic hydroxyl groups is 1. The van der Waals surface area contributed by atoms with E-state index in [4.69, 9.17) is 9.47 Å². The number of carbonyl (C=O) groups excluding carboxylic acids is 1. The van der Waals surface area contributed by atoms with Crippen molar-refractivity contribution in [2.45, 2.75) is 19.6 Å². The van der Waals surface area contributed by atoms with Gasteiger partial charge in [-0.25, -0.2) is 4.79 Å². The largest absolute Gasteiger partial charge is 0.445 e. The van der Waals surface area contributed by atoms with Crippen molar-refractivity contribution in [3.8, 4) is 0 Å². The lowest BCUT2D eigenvalue weighted by atomic mass is 10.1. The van der Waals surface area contributed by atoms with Crippen molar-refractivity contribution in [1.29, 1.82) is 0 Å². The highest BCUT2D eigenvalue weighted by molar-refractivity contribution is 5.67. The first-order valence-corrected chi connectivity index (χ1v) is 6.25. The molecule has 106 valence electrons. The molecule has 1 aromatic rings. The number of benzene rings is 1. The van der Waals surface area contributed by atoms with Crippen molar-refractivity contribution in [1.82, 2.24) is 5.32 Å². The zero-order valence-electron chi connectivity index (χ0n) is 11.3. The molecule has 0 spiro atoms. The number of hydrogen-bond donors (Lipinski definition) is 2. The SMILES string of the molecule is COC(C)C(CO)CNC(=O)OCc1ccccc1. The van der Waals surface area contributed by atoms with E-state index in [1.54, 1.807) is 7.11 Å². The Labute approximate surface area is 113 Å².